The van der Waals surface area contributed by atoms with Gasteiger partial charge in [-0.1, -0.05) is 20.3 Å². The molecule has 0 saturated heterocycles. The highest BCUT2D eigenvalue weighted by atomic mass is 16.2. The normalized spacial score (nSPS) is 14.3. The molecule has 0 aromatic carbocycles. The quantitative estimate of drug-likeness (QED) is 0.766. The Kier molecular flexibility index (Phi) is 4.17. The van der Waals surface area contributed by atoms with Gasteiger partial charge in [0.05, 0.1) is 6.04 Å². The van der Waals surface area contributed by atoms with E-state index in [2.05, 4.69) is 15.5 Å². The largest absolute Gasteiger partial charge is 0.320 e. The van der Waals surface area contributed by atoms with Crippen LogP contribution in [0.1, 0.15) is 20.3 Å². The Bertz CT molecular complexity index is 314. The lowest BCUT2D eigenvalue weighted by atomic mass is 9.99. The van der Waals surface area contributed by atoms with Crippen molar-refractivity contribution in [1.29, 1.82) is 0 Å². The van der Waals surface area contributed by atoms with Crippen LogP contribution < -0.4 is 11.1 Å². The van der Waals surface area contributed by atoms with Crippen LogP contribution in [0.5, 0.6) is 0 Å². The summed E-state index contributed by atoms with van der Waals surface area (Å²) in [5.41, 5.74) is 5.76. The van der Waals surface area contributed by atoms with Gasteiger partial charge < -0.3 is 11.1 Å². The topological polar surface area (TPSA) is 80.9 Å². The number of rotatable bonds is 4. The van der Waals surface area contributed by atoms with Crippen LogP contribution in [-0.4, -0.2) is 22.1 Å². The Morgan fingerprint density at radius 2 is 2.40 bits per heavy atom. The van der Waals surface area contributed by atoms with Crippen LogP contribution in [0, 0.1) is 5.92 Å². The predicted octanol–water partition coefficient (Wildman–Crippen LogP) is 0.788. The highest BCUT2D eigenvalue weighted by Crippen LogP contribution is 2.07. The van der Waals surface area contributed by atoms with Gasteiger partial charge in [-0.15, -0.1) is 5.10 Å². The minimum Gasteiger partial charge on any atom is -0.320 e. The van der Waals surface area contributed by atoms with Gasteiger partial charge in [0.25, 0.3) is 0 Å². The standard InChI is InChI=1S/C10H16N4O/c1-3-7(2)9(11)10(15)13-8-5-4-6-12-14-8/h4-7,9H,3,11H2,1-2H3,(H,13,14,15). The minimum absolute atomic E-state index is 0.154. The van der Waals surface area contributed by atoms with Crippen LogP contribution in [0.25, 0.3) is 0 Å². The summed E-state index contributed by atoms with van der Waals surface area (Å²) in [6, 6.07) is 2.88. The molecule has 0 aliphatic rings. The number of hydrogen-bond acceptors (Lipinski definition) is 4. The number of nitrogens with one attached hydrogen (secondary N) is 1. The van der Waals surface area contributed by atoms with E-state index in [1.54, 1.807) is 18.3 Å². The number of carbonyl (C=O) groups excluding carboxylic acids is 1. The van der Waals surface area contributed by atoms with E-state index in [1.807, 2.05) is 13.8 Å². The van der Waals surface area contributed by atoms with E-state index >= 15 is 0 Å². The monoisotopic (exact) mass is 208 g/mol. The molecule has 1 aromatic heterocycles. The number of nitrogens with zero attached hydrogens (tertiary/aromatic N) is 2. The number of aromatic nitrogens is 2. The molecule has 0 saturated carbocycles. The van der Waals surface area contributed by atoms with Crippen LogP contribution in [-0.2, 0) is 4.79 Å². The number of amides is 1. The summed E-state index contributed by atoms with van der Waals surface area (Å²) in [6.07, 6.45) is 2.42. The van der Waals surface area contributed by atoms with E-state index in [9.17, 15) is 4.79 Å². The molecule has 5 nitrogen and oxygen atoms in total. The molecule has 0 aliphatic heterocycles. The molecule has 0 aliphatic carbocycles. The van der Waals surface area contributed by atoms with Crippen molar-refractivity contribution in [2.75, 3.05) is 5.32 Å². The first-order chi connectivity index (χ1) is 7.15. The summed E-state index contributed by atoms with van der Waals surface area (Å²) < 4.78 is 0. The van der Waals surface area contributed by atoms with Gasteiger partial charge in [0, 0.05) is 6.20 Å². The zero-order valence-corrected chi connectivity index (χ0v) is 8.97. The van der Waals surface area contributed by atoms with Gasteiger partial charge in [0.2, 0.25) is 5.91 Å². The second kappa shape index (κ2) is 5.41. The summed E-state index contributed by atoms with van der Waals surface area (Å²) in [5, 5.41) is 10.0. The number of anilines is 1. The van der Waals surface area contributed by atoms with Crippen LogP contribution in [0.3, 0.4) is 0 Å². The van der Waals surface area contributed by atoms with E-state index in [0.29, 0.717) is 5.82 Å². The molecule has 0 fully saturated rings. The summed E-state index contributed by atoms with van der Waals surface area (Å²) in [7, 11) is 0. The van der Waals surface area contributed by atoms with Crippen molar-refractivity contribution in [3.8, 4) is 0 Å². The molecule has 0 radical (unpaired) electrons. The van der Waals surface area contributed by atoms with E-state index < -0.39 is 6.04 Å². The lowest BCUT2D eigenvalue weighted by Crippen LogP contribution is -2.40. The van der Waals surface area contributed by atoms with Crippen LogP contribution in [0.4, 0.5) is 5.82 Å². The molecule has 0 bridgehead atoms. The fourth-order valence-electron chi connectivity index (χ4n) is 1.09. The van der Waals surface area contributed by atoms with Crippen molar-refractivity contribution < 1.29 is 4.79 Å². The van der Waals surface area contributed by atoms with E-state index in [1.165, 1.54) is 0 Å². The van der Waals surface area contributed by atoms with Crippen molar-refractivity contribution in [1.82, 2.24) is 10.2 Å². The first kappa shape index (κ1) is 11.6. The Morgan fingerprint density at radius 1 is 1.67 bits per heavy atom. The van der Waals surface area contributed by atoms with Gasteiger partial charge in [-0.3, -0.25) is 4.79 Å². The van der Waals surface area contributed by atoms with Gasteiger partial charge in [0.1, 0.15) is 0 Å². The Labute approximate surface area is 89.1 Å². The molecular weight excluding hydrogens is 192 g/mol. The molecule has 1 amide bonds. The lowest BCUT2D eigenvalue weighted by Gasteiger charge is -2.16. The highest BCUT2D eigenvalue weighted by Gasteiger charge is 2.19. The first-order valence-corrected chi connectivity index (χ1v) is 4.99. The maximum Gasteiger partial charge on any atom is 0.242 e. The zero-order chi connectivity index (χ0) is 11.3. The van der Waals surface area contributed by atoms with Crippen LogP contribution >= 0.6 is 0 Å². The summed E-state index contributed by atoms with van der Waals surface area (Å²) in [6.45, 7) is 3.95. The van der Waals surface area contributed by atoms with E-state index in [0.717, 1.165) is 6.42 Å². The smallest absolute Gasteiger partial charge is 0.242 e. The van der Waals surface area contributed by atoms with Crippen molar-refractivity contribution in [2.24, 2.45) is 11.7 Å². The maximum absolute atomic E-state index is 11.6. The second-order valence-electron chi connectivity index (χ2n) is 3.51. The maximum atomic E-state index is 11.6. The third-order valence-electron chi connectivity index (χ3n) is 2.38. The summed E-state index contributed by atoms with van der Waals surface area (Å²) in [5.74, 6) is 0.368. The lowest BCUT2D eigenvalue weighted by molar-refractivity contribution is -0.118. The third-order valence-corrected chi connectivity index (χ3v) is 2.38. The summed E-state index contributed by atoms with van der Waals surface area (Å²) >= 11 is 0. The molecule has 15 heavy (non-hydrogen) atoms. The summed E-state index contributed by atoms with van der Waals surface area (Å²) in [4.78, 5) is 11.6. The molecule has 1 rings (SSSR count). The van der Waals surface area contributed by atoms with Crippen LogP contribution in [0.2, 0.25) is 0 Å². The molecule has 2 atom stereocenters. The van der Waals surface area contributed by atoms with E-state index in [-0.39, 0.29) is 11.8 Å². The van der Waals surface area contributed by atoms with Gasteiger partial charge in [-0.2, -0.15) is 5.10 Å². The molecule has 1 aromatic rings. The zero-order valence-electron chi connectivity index (χ0n) is 8.97. The van der Waals surface area contributed by atoms with Crippen molar-refractivity contribution >= 4 is 11.7 Å². The minimum atomic E-state index is -0.503. The van der Waals surface area contributed by atoms with Crippen molar-refractivity contribution in [2.45, 2.75) is 26.3 Å². The third kappa shape index (κ3) is 3.28. The Hall–Kier alpha value is -1.49. The fraction of sp³-hybridized carbons (Fsp3) is 0.500. The first-order valence-electron chi connectivity index (χ1n) is 4.99. The predicted molar refractivity (Wildman–Crippen MR) is 58.1 cm³/mol. The molecule has 2 unspecified atom stereocenters. The van der Waals surface area contributed by atoms with E-state index in [4.69, 9.17) is 5.73 Å². The molecule has 1 heterocycles. The van der Waals surface area contributed by atoms with Gasteiger partial charge in [-0.05, 0) is 18.1 Å². The SMILES string of the molecule is CCC(C)C(N)C(=O)Nc1cccnn1. The van der Waals surface area contributed by atoms with Gasteiger partial charge >= 0.3 is 0 Å². The molecule has 3 N–H and O–H groups in total. The fourth-order valence-corrected chi connectivity index (χ4v) is 1.09. The molecule has 0 spiro atoms. The number of hydrogen-bond donors (Lipinski definition) is 2. The van der Waals surface area contributed by atoms with Crippen molar-refractivity contribution in [3.63, 3.8) is 0 Å². The van der Waals surface area contributed by atoms with Gasteiger partial charge in [0.15, 0.2) is 5.82 Å². The average Bonchev–Trinajstić information content (AvgIpc) is 2.28. The van der Waals surface area contributed by atoms with Crippen LogP contribution in [0.15, 0.2) is 18.3 Å². The number of carbonyl (C=O) groups is 1. The number of nitrogens with two attached hydrogens (primary N) is 1. The molecular formula is C10H16N4O. The second-order valence-corrected chi connectivity index (χ2v) is 3.51. The average molecular weight is 208 g/mol. The Balaban J connectivity index is 2.56. The van der Waals surface area contributed by atoms with Gasteiger partial charge in [-0.25, -0.2) is 0 Å². The highest BCUT2D eigenvalue weighted by molar-refractivity contribution is 5.93. The molecule has 5 heteroatoms. The Morgan fingerprint density at radius 3 is 2.93 bits per heavy atom. The van der Waals surface area contributed by atoms with Crippen molar-refractivity contribution in [3.05, 3.63) is 18.3 Å². The molecule has 82 valence electrons.